The summed E-state index contributed by atoms with van der Waals surface area (Å²) >= 11 is 0. The first-order valence-corrected chi connectivity index (χ1v) is 6.95. The molecule has 4 heteroatoms. The van der Waals surface area contributed by atoms with E-state index in [2.05, 4.69) is 0 Å². The summed E-state index contributed by atoms with van der Waals surface area (Å²) in [6.45, 7) is 4.65. The largest absolute Gasteiger partial charge is 0.507 e. The molecule has 2 rings (SSSR count). The van der Waals surface area contributed by atoms with Crippen molar-refractivity contribution in [3.8, 4) is 5.75 Å². The molecule has 0 radical (unpaired) electrons. The number of phenols is 1. The number of para-hydroxylation sites is 2. The number of aromatic hydroxyl groups is 1. The number of carbonyl (C=O) groups excluding carboxylic acids is 1. The van der Waals surface area contributed by atoms with E-state index >= 15 is 0 Å². The highest BCUT2D eigenvalue weighted by molar-refractivity contribution is 5.97. The van der Waals surface area contributed by atoms with Gasteiger partial charge in [-0.1, -0.05) is 30.3 Å². The van der Waals surface area contributed by atoms with Crippen LogP contribution in [0.2, 0.25) is 0 Å². The number of anilines is 1. The predicted molar refractivity (Wildman–Crippen MR) is 84.1 cm³/mol. The monoisotopic (exact) mass is 284 g/mol. The molecule has 0 aliphatic carbocycles. The summed E-state index contributed by atoms with van der Waals surface area (Å²) in [5.74, 6) is -0.149. The van der Waals surface area contributed by atoms with Crippen molar-refractivity contribution in [2.75, 3.05) is 12.3 Å². The van der Waals surface area contributed by atoms with E-state index in [0.29, 0.717) is 29.9 Å². The van der Waals surface area contributed by atoms with Gasteiger partial charge in [0.1, 0.15) is 5.75 Å². The summed E-state index contributed by atoms with van der Waals surface area (Å²) in [6.07, 6.45) is 0. The molecular weight excluding hydrogens is 264 g/mol. The molecule has 0 spiro atoms. The number of phenolic OH excluding ortho intramolecular Hbond substituents is 1. The fraction of sp³-hybridized carbons (Fsp3) is 0.235. The lowest BCUT2D eigenvalue weighted by Gasteiger charge is -2.22. The van der Waals surface area contributed by atoms with E-state index in [0.717, 1.165) is 5.56 Å². The quantitative estimate of drug-likeness (QED) is 0.848. The number of amides is 1. The first-order chi connectivity index (χ1) is 10.0. The van der Waals surface area contributed by atoms with Crippen LogP contribution in [-0.4, -0.2) is 22.5 Å². The second-order valence-electron chi connectivity index (χ2n) is 4.99. The van der Waals surface area contributed by atoms with Gasteiger partial charge in [-0.05, 0) is 37.1 Å². The molecule has 0 atom stereocenters. The van der Waals surface area contributed by atoms with Gasteiger partial charge in [-0.15, -0.1) is 0 Å². The Morgan fingerprint density at radius 3 is 2.57 bits per heavy atom. The van der Waals surface area contributed by atoms with Crippen LogP contribution < -0.4 is 5.73 Å². The van der Waals surface area contributed by atoms with Crippen LogP contribution >= 0.6 is 0 Å². The molecule has 110 valence electrons. The molecule has 2 aromatic rings. The molecule has 3 N–H and O–H groups in total. The zero-order valence-corrected chi connectivity index (χ0v) is 12.3. The molecule has 0 saturated heterocycles. The van der Waals surface area contributed by atoms with Crippen molar-refractivity contribution in [2.45, 2.75) is 20.4 Å². The van der Waals surface area contributed by atoms with Crippen molar-refractivity contribution in [3.63, 3.8) is 0 Å². The smallest absolute Gasteiger partial charge is 0.257 e. The number of hydrogen-bond acceptors (Lipinski definition) is 3. The summed E-state index contributed by atoms with van der Waals surface area (Å²) in [7, 11) is 0. The molecule has 0 aliphatic heterocycles. The first kappa shape index (κ1) is 14.9. The number of benzene rings is 2. The third-order valence-corrected chi connectivity index (χ3v) is 3.55. The molecule has 4 nitrogen and oxygen atoms in total. The maximum atomic E-state index is 12.6. The summed E-state index contributed by atoms with van der Waals surface area (Å²) in [5, 5.41) is 10.1. The maximum Gasteiger partial charge on any atom is 0.257 e. The third-order valence-electron chi connectivity index (χ3n) is 3.55. The Bertz CT molecular complexity index is 653. The van der Waals surface area contributed by atoms with Crippen molar-refractivity contribution in [1.82, 2.24) is 4.90 Å². The lowest BCUT2D eigenvalue weighted by Crippen LogP contribution is -2.30. The number of rotatable bonds is 4. The Kier molecular flexibility index (Phi) is 4.48. The number of nitrogen functional groups attached to an aromatic ring is 1. The molecule has 0 saturated carbocycles. The zero-order valence-electron chi connectivity index (χ0n) is 12.3. The van der Waals surface area contributed by atoms with Crippen molar-refractivity contribution < 1.29 is 9.90 Å². The molecule has 0 bridgehead atoms. The second-order valence-corrected chi connectivity index (χ2v) is 4.99. The summed E-state index contributed by atoms with van der Waals surface area (Å²) < 4.78 is 0. The predicted octanol–water partition coefficient (Wildman–Crippen LogP) is 2.95. The van der Waals surface area contributed by atoms with Crippen LogP contribution in [-0.2, 0) is 6.54 Å². The SMILES string of the molecule is CCN(Cc1ccccc1N)C(=O)c1cccc(C)c1O. The lowest BCUT2D eigenvalue weighted by molar-refractivity contribution is 0.0749. The van der Waals surface area contributed by atoms with Gasteiger partial charge in [-0.2, -0.15) is 0 Å². The molecule has 21 heavy (non-hydrogen) atoms. The molecule has 2 aromatic carbocycles. The number of nitrogens with zero attached hydrogens (tertiary/aromatic N) is 1. The van der Waals surface area contributed by atoms with Crippen LogP contribution in [0, 0.1) is 6.92 Å². The molecule has 0 unspecified atom stereocenters. The highest BCUT2D eigenvalue weighted by Crippen LogP contribution is 2.24. The Balaban J connectivity index is 2.27. The van der Waals surface area contributed by atoms with Crippen LogP contribution in [0.1, 0.15) is 28.4 Å². The van der Waals surface area contributed by atoms with Crippen LogP contribution in [0.3, 0.4) is 0 Å². The van der Waals surface area contributed by atoms with Crippen molar-refractivity contribution in [3.05, 3.63) is 59.2 Å². The van der Waals surface area contributed by atoms with Crippen LogP contribution in [0.25, 0.3) is 0 Å². The standard InChI is InChI=1S/C17H20N2O2/c1-3-19(11-13-8-4-5-10-15(13)18)17(21)14-9-6-7-12(2)16(14)20/h4-10,20H,3,11,18H2,1-2H3. The number of nitrogens with two attached hydrogens (primary N) is 1. The fourth-order valence-corrected chi connectivity index (χ4v) is 2.21. The minimum Gasteiger partial charge on any atom is -0.507 e. The molecule has 0 aliphatic rings. The van der Waals surface area contributed by atoms with Gasteiger partial charge in [0.2, 0.25) is 0 Å². The number of aryl methyl sites for hydroxylation is 1. The zero-order chi connectivity index (χ0) is 15.4. The van der Waals surface area contributed by atoms with Crippen LogP contribution in [0.5, 0.6) is 5.75 Å². The highest BCUT2D eigenvalue weighted by Gasteiger charge is 2.19. The van der Waals surface area contributed by atoms with Gasteiger partial charge < -0.3 is 15.7 Å². The number of hydrogen-bond donors (Lipinski definition) is 2. The van der Waals surface area contributed by atoms with Crippen molar-refractivity contribution in [2.24, 2.45) is 0 Å². The summed E-state index contributed by atoms with van der Waals surface area (Å²) in [4.78, 5) is 14.3. The average Bonchev–Trinajstić information content (AvgIpc) is 2.48. The summed E-state index contributed by atoms with van der Waals surface area (Å²) in [6, 6.07) is 12.7. The van der Waals surface area contributed by atoms with Gasteiger partial charge in [0.05, 0.1) is 5.56 Å². The molecule has 0 heterocycles. The van der Waals surface area contributed by atoms with Gasteiger partial charge in [0, 0.05) is 18.8 Å². The van der Waals surface area contributed by atoms with E-state index < -0.39 is 0 Å². The van der Waals surface area contributed by atoms with E-state index in [9.17, 15) is 9.90 Å². The van der Waals surface area contributed by atoms with Crippen LogP contribution in [0.15, 0.2) is 42.5 Å². The molecule has 0 aromatic heterocycles. The normalized spacial score (nSPS) is 10.4. The topological polar surface area (TPSA) is 66.6 Å². The Labute approximate surface area is 124 Å². The van der Waals surface area contributed by atoms with E-state index in [1.807, 2.05) is 31.2 Å². The van der Waals surface area contributed by atoms with Gasteiger partial charge in [0.15, 0.2) is 0 Å². The minimum absolute atomic E-state index is 0.0435. The molecule has 0 fully saturated rings. The Hall–Kier alpha value is -2.49. The Morgan fingerprint density at radius 2 is 1.90 bits per heavy atom. The van der Waals surface area contributed by atoms with Crippen molar-refractivity contribution in [1.29, 1.82) is 0 Å². The Morgan fingerprint density at radius 1 is 1.19 bits per heavy atom. The summed E-state index contributed by atoms with van der Waals surface area (Å²) in [5.41, 5.74) is 8.51. The van der Waals surface area contributed by atoms with Gasteiger partial charge >= 0.3 is 0 Å². The number of carbonyl (C=O) groups is 1. The second kappa shape index (κ2) is 6.31. The third kappa shape index (κ3) is 3.16. The molecular formula is C17H20N2O2. The fourth-order valence-electron chi connectivity index (χ4n) is 2.21. The van der Waals surface area contributed by atoms with Gasteiger partial charge in [-0.3, -0.25) is 4.79 Å². The minimum atomic E-state index is -0.193. The maximum absolute atomic E-state index is 12.6. The van der Waals surface area contributed by atoms with Gasteiger partial charge in [0.25, 0.3) is 5.91 Å². The van der Waals surface area contributed by atoms with Crippen LogP contribution in [0.4, 0.5) is 5.69 Å². The van der Waals surface area contributed by atoms with E-state index in [1.54, 1.807) is 30.0 Å². The van der Waals surface area contributed by atoms with Gasteiger partial charge in [-0.25, -0.2) is 0 Å². The molecule has 1 amide bonds. The van der Waals surface area contributed by atoms with E-state index in [1.165, 1.54) is 0 Å². The highest BCUT2D eigenvalue weighted by atomic mass is 16.3. The first-order valence-electron chi connectivity index (χ1n) is 6.95. The average molecular weight is 284 g/mol. The van der Waals surface area contributed by atoms with E-state index in [4.69, 9.17) is 5.73 Å². The van der Waals surface area contributed by atoms with E-state index in [-0.39, 0.29) is 11.7 Å². The van der Waals surface area contributed by atoms with Crippen molar-refractivity contribution >= 4 is 11.6 Å². The lowest BCUT2D eigenvalue weighted by atomic mass is 10.1.